The van der Waals surface area contributed by atoms with E-state index in [4.69, 9.17) is 10.2 Å². The van der Waals surface area contributed by atoms with Crippen LogP contribution >= 0.6 is 12.4 Å². The van der Waals surface area contributed by atoms with Crippen LogP contribution in [-0.2, 0) is 4.79 Å². The summed E-state index contributed by atoms with van der Waals surface area (Å²) >= 11 is 0. The Hall–Kier alpha value is -2.31. The van der Waals surface area contributed by atoms with Gasteiger partial charge in [-0.2, -0.15) is 0 Å². The summed E-state index contributed by atoms with van der Waals surface area (Å²) in [5.74, 6) is 0.155. The third-order valence-electron chi connectivity index (χ3n) is 5.25. The summed E-state index contributed by atoms with van der Waals surface area (Å²) in [4.78, 5) is 27.4. The first-order valence-corrected chi connectivity index (χ1v) is 9.39. The second-order valence-corrected chi connectivity index (χ2v) is 7.43. The Balaban J connectivity index is 0.00000280. The Morgan fingerprint density at radius 1 is 1.18 bits per heavy atom. The predicted octanol–water partition coefficient (Wildman–Crippen LogP) is 2.66. The highest BCUT2D eigenvalue weighted by atomic mass is 35.5. The van der Waals surface area contributed by atoms with Gasteiger partial charge in [0.1, 0.15) is 6.04 Å². The molecular formula is C21H28ClN3O3. The molecule has 0 radical (unpaired) electrons. The Morgan fingerprint density at radius 3 is 2.46 bits per heavy atom. The summed E-state index contributed by atoms with van der Waals surface area (Å²) in [7, 11) is 0. The number of furan rings is 1. The molecule has 0 bridgehead atoms. The second kappa shape index (κ2) is 9.75. The Kier molecular flexibility index (Phi) is 7.66. The summed E-state index contributed by atoms with van der Waals surface area (Å²) in [6.07, 6.45) is 1.44. The van der Waals surface area contributed by atoms with Crippen molar-refractivity contribution in [1.29, 1.82) is 0 Å². The lowest BCUT2D eigenvalue weighted by molar-refractivity contribution is -0.133. The molecule has 3 rings (SSSR count). The molecule has 6 nitrogen and oxygen atoms in total. The molecule has 0 saturated carbocycles. The first-order valence-electron chi connectivity index (χ1n) is 9.39. The van der Waals surface area contributed by atoms with Gasteiger partial charge in [0.2, 0.25) is 5.91 Å². The number of nitrogens with zero attached hydrogens (tertiary/aromatic N) is 1. The molecule has 2 heterocycles. The van der Waals surface area contributed by atoms with E-state index in [1.54, 1.807) is 12.1 Å². The van der Waals surface area contributed by atoms with Gasteiger partial charge in [0.15, 0.2) is 5.76 Å². The molecule has 0 aliphatic carbocycles. The van der Waals surface area contributed by atoms with Crippen molar-refractivity contribution in [2.45, 2.75) is 25.8 Å². The topological polar surface area (TPSA) is 88.6 Å². The molecule has 2 amide bonds. The average molecular weight is 406 g/mol. The van der Waals surface area contributed by atoms with Crippen LogP contribution in [0.15, 0.2) is 53.1 Å². The molecule has 1 aliphatic rings. The minimum atomic E-state index is -0.601. The quantitative estimate of drug-likeness (QED) is 0.773. The van der Waals surface area contributed by atoms with Crippen molar-refractivity contribution in [3.05, 3.63) is 60.1 Å². The van der Waals surface area contributed by atoms with E-state index in [1.807, 2.05) is 36.9 Å². The monoisotopic (exact) mass is 405 g/mol. The SMILES string of the molecule is CC(C)C(NC(=O)c1ccco1)C(=O)N1C[C@@H](CN)[C@H](c2ccccc2)C1.Cl. The van der Waals surface area contributed by atoms with E-state index in [-0.39, 0.29) is 47.7 Å². The van der Waals surface area contributed by atoms with E-state index in [0.717, 1.165) is 0 Å². The van der Waals surface area contributed by atoms with Crippen molar-refractivity contribution >= 4 is 24.2 Å². The van der Waals surface area contributed by atoms with E-state index in [2.05, 4.69) is 17.4 Å². The zero-order chi connectivity index (χ0) is 19.4. The van der Waals surface area contributed by atoms with E-state index >= 15 is 0 Å². The molecule has 1 fully saturated rings. The first kappa shape index (κ1) is 22.0. The number of hydrogen-bond acceptors (Lipinski definition) is 4. The highest BCUT2D eigenvalue weighted by Crippen LogP contribution is 2.32. The van der Waals surface area contributed by atoms with E-state index in [1.165, 1.54) is 11.8 Å². The molecule has 1 aromatic carbocycles. The van der Waals surface area contributed by atoms with Crippen LogP contribution in [0.5, 0.6) is 0 Å². The van der Waals surface area contributed by atoms with Crippen LogP contribution in [0, 0.1) is 11.8 Å². The highest BCUT2D eigenvalue weighted by Gasteiger charge is 2.38. The minimum Gasteiger partial charge on any atom is -0.459 e. The van der Waals surface area contributed by atoms with Gasteiger partial charge in [0, 0.05) is 19.0 Å². The predicted molar refractivity (Wildman–Crippen MR) is 110 cm³/mol. The van der Waals surface area contributed by atoms with E-state index < -0.39 is 6.04 Å². The average Bonchev–Trinajstić information content (AvgIpc) is 3.35. The van der Waals surface area contributed by atoms with Crippen LogP contribution in [0.1, 0.15) is 35.9 Å². The van der Waals surface area contributed by atoms with Gasteiger partial charge >= 0.3 is 0 Å². The van der Waals surface area contributed by atoms with Gasteiger partial charge in [-0.15, -0.1) is 12.4 Å². The summed E-state index contributed by atoms with van der Waals surface area (Å²) in [5, 5.41) is 2.83. The molecule has 1 unspecified atom stereocenters. The van der Waals surface area contributed by atoms with Crippen LogP contribution in [0.3, 0.4) is 0 Å². The Morgan fingerprint density at radius 2 is 1.89 bits per heavy atom. The maximum atomic E-state index is 13.2. The smallest absolute Gasteiger partial charge is 0.287 e. The molecule has 1 aromatic heterocycles. The molecule has 1 aliphatic heterocycles. The zero-order valence-corrected chi connectivity index (χ0v) is 17.0. The zero-order valence-electron chi connectivity index (χ0n) is 16.2. The van der Waals surface area contributed by atoms with Gasteiger partial charge < -0.3 is 20.4 Å². The molecule has 3 N–H and O–H groups in total. The van der Waals surface area contributed by atoms with Crippen LogP contribution < -0.4 is 11.1 Å². The lowest BCUT2D eigenvalue weighted by Crippen LogP contribution is -2.50. The van der Waals surface area contributed by atoms with Crippen molar-refractivity contribution in [2.75, 3.05) is 19.6 Å². The van der Waals surface area contributed by atoms with Crippen molar-refractivity contribution in [1.82, 2.24) is 10.2 Å². The number of likely N-dealkylation sites (tertiary alicyclic amines) is 1. The Bertz CT molecular complexity index is 764. The summed E-state index contributed by atoms with van der Waals surface area (Å²) in [6.45, 7) is 5.60. The number of carbonyl (C=O) groups is 2. The fourth-order valence-electron chi connectivity index (χ4n) is 3.70. The molecule has 28 heavy (non-hydrogen) atoms. The van der Waals surface area contributed by atoms with E-state index in [9.17, 15) is 9.59 Å². The first-order chi connectivity index (χ1) is 13.0. The number of amides is 2. The standard InChI is InChI=1S/C21H27N3O3.ClH/c1-14(2)19(23-20(25)18-9-6-10-27-18)21(26)24-12-16(11-22)17(13-24)15-7-4-3-5-8-15;/h3-10,14,16-17,19H,11-13,22H2,1-2H3,(H,23,25);1H/t16-,17+,19?;/m1./s1. The van der Waals surface area contributed by atoms with Crippen LogP contribution in [-0.4, -0.2) is 42.4 Å². The Labute approximate surface area is 171 Å². The molecule has 2 aromatic rings. The number of rotatable bonds is 6. The molecule has 7 heteroatoms. The van der Waals surface area contributed by atoms with Gasteiger partial charge in [0.25, 0.3) is 5.91 Å². The van der Waals surface area contributed by atoms with Crippen molar-refractivity contribution in [3.8, 4) is 0 Å². The van der Waals surface area contributed by atoms with Gasteiger partial charge in [-0.1, -0.05) is 44.2 Å². The number of nitrogens with two attached hydrogens (primary N) is 1. The molecular weight excluding hydrogens is 378 g/mol. The summed E-state index contributed by atoms with van der Waals surface area (Å²) < 4.78 is 5.14. The second-order valence-electron chi connectivity index (χ2n) is 7.43. The number of nitrogens with one attached hydrogen (secondary N) is 1. The maximum Gasteiger partial charge on any atom is 0.287 e. The lowest BCUT2D eigenvalue weighted by Gasteiger charge is -2.26. The summed E-state index contributed by atoms with van der Waals surface area (Å²) in [5.41, 5.74) is 7.18. The summed E-state index contributed by atoms with van der Waals surface area (Å²) in [6, 6.07) is 12.8. The minimum absolute atomic E-state index is 0. The largest absolute Gasteiger partial charge is 0.459 e. The third-order valence-corrected chi connectivity index (χ3v) is 5.25. The molecule has 3 atom stereocenters. The van der Waals surface area contributed by atoms with Crippen LogP contribution in [0.2, 0.25) is 0 Å². The van der Waals surface area contributed by atoms with Crippen molar-refractivity contribution in [3.63, 3.8) is 0 Å². The molecule has 0 spiro atoms. The normalized spacial score (nSPS) is 19.9. The van der Waals surface area contributed by atoms with E-state index in [0.29, 0.717) is 19.6 Å². The van der Waals surface area contributed by atoms with Gasteiger partial charge in [-0.25, -0.2) is 0 Å². The van der Waals surface area contributed by atoms with Crippen molar-refractivity contribution in [2.24, 2.45) is 17.6 Å². The third kappa shape index (κ3) is 4.75. The van der Waals surface area contributed by atoms with Gasteiger partial charge in [-0.05, 0) is 36.1 Å². The number of hydrogen-bond donors (Lipinski definition) is 2. The number of halogens is 1. The fourth-order valence-corrected chi connectivity index (χ4v) is 3.70. The van der Waals surface area contributed by atoms with Gasteiger partial charge in [-0.3, -0.25) is 9.59 Å². The number of benzene rings is 1. The van der Waals surface area contributed by atoms with Gasteiger partial charge in [0.05, 0.1) is 6.26 Å². The van der Waals surface area contributed by atoms with Crippen LogP contribution in [0.4, 0.5) is 0 Å². The maximum absolute atomic E-state index is 13.2. The highest BCUT2D eigenvalue weighted by molar-refractivity contribution is 5.95. The fraction of sp³-hybridized carbons (Fsp3) is 0.429. The lowest BCUT2D eigenvalue weighted by atomic mass is 9.89. The van der Waals surface area contributed by atoms with Crippen LogP contribution in [0.25, 0.3) is 0 Å². The number of carbonyl (C=O) groups excluding carboxylic acids is 2. The van der Waals surface area contributed by atoms with Crippen molar-refractivity contribution < 1.29 is 14.0 Å². The molecule has 1 saturated heterocycles. The molecule has 152 valence electrons.